The molecule has 137 heavy (non-hydrogen) atoms. The van der Waals surface area contributed by atoms with Crippen molar-refractivity contribution in [2.45, 2.75) is 71.9 Å². The molecule has 6 aromatic carbocycles. The number of ether oxygens (including phenoxy) is 4. The fourth-order valence-electron chi connectivity index (χ4n) is 13.9. The van der Waals surface area contributed by atoms with E-state index in [1.54, 1.807) is 82.4 Å². The average molecular weight is 2050 g/mol. The number of anilines is 8. The second kappa shape index (κ2) is 45.3. The Morgan fingerprint density at radius 1 is 0.562 bits per heavy atom. The van der Waals surface area contributed by atoms with E-state index >= 15 is 0 Å². The minimum atomic E-state index is -4.14. The number of sulfonamides is 4. The maximum Gasteiger partial charge on any atom is 1.00 e. The number of aromatic nitrogens is 11. The van der Waals surface area contributed by atoms with E-state index in [0.29, 0.717) is 62.1 Å². The number of aryl methyl sites for hydroxylation is 2. The van der Waals surface area contributed by atoms with Gasteiger partial charge in [0.25, 0.3) is 20.0 Å². The zero-order valence-electron chi connectivity index (χ0n) is 74.4. The van der Waals surface area contributed by atoms with Gasteiger partial charge in [0, 0.05) is 85.0 Å². The van der Waals surface area contributed by atoms with Crippen LogP contribution in [0.3, 0.4) is 0 Å². The number of rotatable bonds is 22. The Hall–Kier alpha value is -11.7. The first kappa shape index (κ1) is 106. The minimum Gasteiger partial charge on any atom is -0.858 e. The van der Waals surface area contributed by atoms with Gasteiger partial charge in [0.05, 0.1) is 100 Å². The maximum atomic E-state index is 14.2. The molecule has 2 amide bonds. The molecule has 2 unspecified atom stereocenters. The number of hydrogen-bond acceptors (Lipinski definition) is 33. The van der Waals surface area contributed by atoms with Crippen molar-refractivity contribution in [3.63, 3.8) is 0 Å². The third kappa shape index (κ3) is 24.7. The Bertz CT molecular complexity index is 7110. The monoisotopic (exact) mass is 2050 g/mol. The SMILES string of the molecule is COC(=O)N(C)c1c(N)nc(-c2nn(Cc3ccccc3F)c3ncccc23)nc1N.COC(=O)N(C)c1c(N)nc(-c2nn(Cc3ccccc3F)c3ncccc23)nc1N.Cc1noc(C)c1S(=O)(=O)Nc1ccc(Cl)cc1C([O-])=Nc1ccc(S(=O)(=O)N2CC(C)OC(C)C2)cc1.O=S(=O)(Nc1ccc(Cl)cc1C([O-])=Nc1ccc(S(=O)(=O)N2CCOCC2)cc1)c1ccc(Cl)s1.[Na+].[Na+]. The van der Waals surface area contributed by atoms with Crippen LogP contribution in [-0.2, 0) is 72.1 Å². The van der Waals surface area contributed by atoms with Crippen LogP contribution >= 0.6 is 46.1 Å². The van der Waals surface area contributed by atoms with Gasteiger partial charge in [0.1, 0.15) is 44.3 Å². The number of morpholine rings is 2. The average Bonchev–Trinajstić information content (AvgIpc) is 1.62. The fraction of sp³-hybridized carbons (Fsp3) is 0.212. The van der Waals surface area contributed by atoms with Crippen molar-refractivity contribution in [2.75, 3.05) is 110 Å². The third-order valence-electron chi connectivity index (χ3n) is 20.2. The normalized spacial score (nSPS) is 14.4. The summed E-state index contributed by atoms with van der Waals surface area (Å²) in [6, 6.07) is 41.9. The Kier molecular flexibility index (Phi) is 34.9. The van der Waals surface area contributed by atoms with Crippen molar-refractivity contribution in [2.24, 2.45) is 9.98 Å². The zero-order valence-corrected chi connectivity index (χ0v) is 84.8. The molecule has 16 rings (SSSR count). The summed E-state index contributed by atoms with van der Waals surface area (Å²) in [5, 5.41) is 40.4. The van der Waals surface area contributed by atoms with E-state index in [9.17, 15) is 62.3 Å². The number of pyridine rings is 2. The predicted octanol–water partition coefficient (Wildman–Crippen LogP) is 5.19. The second-order valence-corrected chi connectivity index (χ2v) is 39.5. The van der Waals surface area contributed by atoms with Gasteiger partial charge in [-0.2, -0.15) is 18.8 Å². The van der Waals surface area contributed by atoms with Gasteiger partial charge in [0.2, 0.25) is 20.0 Å². The number of halogens is 5. The number of hydrogen-bond donors (Lipinski definition) is 6. The first-order chi connectivity index (χ1) is 64.1. The number of carbonyl (C=O) groups excluding carboxylic acids is 2. The van der Waals surface area contributed by atoms with Crippen molar-refractivity contribution < 1.29 is 145 Å². The van der Waals surface area contributed by atoms with E-state index in [0.717, 1.165) is 21.1 Å². The van der Waals surface area contributed by atoms with E-state index in [2.05, 4.69) is 74.2 Å². The number of amides is 2. The molecule has 2 atom stereocenters. The molecule has 2 saturated heterocycles. The Morgan fingerprint density at radius 3 is 1.36 bits per heavy atom. The number of aliphatic imine (C=N–C) groups is 2. The molecule has 2 aliphatic rings. The Morgan fingerprint density at radius 2 is 0.971 bits per heavy atom. The number of nitrogen functional groups attached to an aromatic ring is 4. The molecule has 14 aromatic rings. The standard InChI is InChI=1S/C24H27ClN4O7S2.C21H19Cl2N3O6S3.2C20H19FN8O2.2Na/c1-14-12-29(13-15(2)35-14)38(33,34)20-8-6-19(7-9-20)26-24(30)21-11-18(25)5-10-22(21)28-37(31,32)23-16(3)27-36-17(23)4;22-14-1-6-18(25-34(28,29)20-8-7-19(23)33-20)17(13-14)21(27)24-15-2-4-16(5-3-15)35(30,31)26-9-11-32-12-10-26;2*1-28(20(30)31-2)15-16(22)25-18(26-17(15)23)14-12-7-5-9-24-19(12)29(27-14)10-11-6-3-4-8-13(11)21;;/h5-11,14-15,28H,12-13H2,1-4H3,(H,26,30);1-8,13,25H,9-12H2,(H,24,27);2*3-9H,10H2,1-2H3,(H4,22,23,25,26);;/q;;;;2*+1/p-2. The van der Waals surface area contributed by atoms with Crippen LogP contribution in [0.1, 0.15) is 47.6 Å². The van der Waals surface area contributed by atoms with Crippen molar-refractivity contribution in [3.8, 4) is 23.0 Å². The predicted molar refractivity (Wildman–Crippen MR) is 501 cm³/mol. The van der Waals surface area contributed by atoms with Crippen molar-refractivity contribution in [1.82, 2.24) is 63.2 Å². The molecule has 40 nitrogen and oxygen atoms in total. The summed E-state index contributed by atoms with van der Waals surface area (Å²) in [6.07, 6.45) is 1.43. The number of fused-ring (bicyclic) bond motifs is 2. The molecule has 0 aliphatic carbocycles. The molecule has 8 aromatic heterocycles. The van der Waals surface area contributed by atoms with E-state index in [4.69, 9.17) is 71.7 Å². The molecule has 2 aliphatic heterocycles. The van der Waals surface area contributed by atoms with Crippen LogP contribution in [0.4, 0.5) is 75.8 Å². The fourth-order valence-corrected chi connectivity index (χ4v) is 21.2. The summed E-state index contributed by atoms with van der Waals surface area (Å²) in [5.41, 5.74) is 27.6. The number of methoxy groups -OCH3 is 2. The van der Waals surface area contributed by atoms with Gasteiger partial charge < -0.3 is 56.6 Å². The molecule has 0 saturated carbocycles. The quantitative estimate of drug-likeness (QED) is 0.0289. The molecule has 10 heterocycles. The number of benzene rings is 6. The second-order valence-electron chi connectivity index (χ2n) is 29.6. The van der Waals surface area contributed by atoms with Gasteiger partial charge in [-0.05, 0) is 173 Å². The van der Waals surface area contributed by atoms with Gasteiger partial charge in [0.15, 0.2) is 56.9 Å². The molecule has 0 radical (unpaired) electrons. The van der Waals surface area contributed by atoms with Gasteiger partial charge in [-0.3, -0.25) is 29.2 Å². The third-order valence-corrected chi connectivity index (χ3v) is 29.1. The number of thiophene rings is 1. The minimum absolute atomic E-state index is 0. The summed E-state index contributed by atoms with van der Waals surface area (Å²) in [7, 11) is -10.2. The van der Waals surface area contributed by atoms with Gasteiger partial charge in [-0.25, -0.2) is 91.3 Å². The summed E-state index contributed by atoms with van der Waals surface area (Å²) in [5.74, 6) is -1.90. The van der Waals surface area contributed by atoms with Crippen LogP contribution in [0, 0.1) is 25.5 Å². The van der Waals surface area contributed by atoms with Gasteiger partial charge in [-0.15, -0.1) is 11.3 Å². The molecule has 2 fully saturated rings. The summed E-state index contributed by atoms with van der Waals surface area (Å²) >= 11 is 18.8. The van der Waals surface area contributed by atoms with Gasteiger partial charge >= 0.3 is 71.3 Å². The summed E-state index contributed by atoms with van der Waals surface area (Å²) in [6.45, 7) is 8.53. The molecule has 0 bridgehead atoms. The Balaban J connectivity index is 0.000000175. The molecule has 0 spiro atoms. The number of nitrogens with one attached hydrogen (secondary N) is 2. The smallest absolute Gasteiger partial charge is 0.858 e. The van der Waals surface area contributed by atoms with E-state index in [1.165, 1.54) is 160 Å². The van der Waals surface area contributed by atoms with Crippen LogP contribution in [0.5, 0.6) is 0 Å². The van der Waals surface area contributed by atoms with Crippen LogP contribution < -0.4 is 112 Å². The van der Waals surface area contributed by atoms with Gasteiger partial charge in [-0.1, -0.05) is 76.4 Å². The van der Waals surface area contributed by atoms with Crippen molar-refractivity contribution in [3.05, 3.63) is 242 Å². The van der Waals surface area contributed by atoms with E-state index < -0.39 is 64.1 Å². The topological polar surface area (TPSA) is 559 Å². The van der Waals surface area contributed by atoms with Crippen molar-refractivity contribution in [1.29, 1.82) is 0 Å². The van der Waals surface area contributed by atoms with Crippen molar-refractivity contribution >= 4 is 190 Å². The maximum absolute atomic E-state index is 14.2. The zero-order chi connectivity index (χ0) is 97.3. The molecule has 10 N–H and O–H groups in total. The summed E-state index contributed by atoms with van der Waals surface area (Å²) < 4.78 is 167. The van der Waals surface area contributed by atoms with Crippen LogP contribution in [-0.4, -0.2) is 201 Å². The molecule has 52 heteroatoms. The largest absolute Gasteiger partial charge is 1.00 e. The summed E-state index contributed by atoms with van der Waals surface area (Å²) in [4.78, 5) is 59.8. The van der Waals surface area contributed by atoms with Crippen LogP contribution in [0.15, 0.2) is 216 Å². The van der Waals surface area contributed by atoms with E-state index in [1.807, 2.05) is 13.8 Å². The van der Waals surface area contributed by atoms with Crippen LogP contribution in [0.2, 0.25) is 14.4 Å². The van der Waals surface area contributed by atoms with Crippen LogP contribution in [0.25, 0.3) is 45.1 Å². The van der Waals surface area contributed by atoms with E-state index in [-0.39, 0.29) is 243 Å². The first-order valence-electron chi connectivity index (χ1n) is 40.0. The molecular formula is C85H82Cl3F2N23Na2O17S5. The Labute approximate surface area is 846 Å². The number of nitrogens with two attached hydrogens (primary N) is 4. The molecular weight excluding hydrogens is 1970 g/mol. The molecule has 706 valence electrons. The first-order valence-corrected chi connectivity index (χ1v) is 47.8. The number of nitrogens with zero attached hydrogens (tertiary/aromatic N) is 17. The number of carbonyl (C=O) groups is 2.